The van der Waals surface area contributed by atoms with E-state index >= 15 is 0 Å². The van der Waals surface area contributed by atoms with Crippen LogP contribution >= 0.6 is 0 Å². The Hall–Kier alpha value is -0.780. The fourth-order valence-corrected chi connectivity index (χ4v) is 0.637. The first-order valence-electron chi connectivity index (χ1n) is 2.82. The van der Waals surface area contributed by atoms with Gasteiger partial charge in [-0.3, -0.25) is 0 Å². The molecule has 0 aromatic heterocycles. The molecule has 0 aliphatic heterocycles. The van der Waals surface area contributed by atoms with E-state index in [0.29, 0.717) is 0 Å². The van der Waals surface area contributed by atoms with Gasteiger partial charge >= 0.3 is 0 Å². The van der Waals surface area contributed by atoms with Crippen molar-refractivity contribution < 1.29 is 0 Å². The number of rotatable bonds is 0. The van der Waals surface area contributed by atoms with Gasteiger partial charge in [-0.1, -0.05) is 57.7 Å². The second-order valence-electron chi connectivity index (χ2n) is 2.15. The Labute approximate surface area is 72.3 Å². The van der Waals surface area contributed by atoms with Gasteiger partial charge in [0.2, 0.25) is 0 Å². The summed E-state index contributed by atoms with van der Waals surface area (Å²) in [5.74, 6) is 0. The van der Waals surface area contributed by atoms with Crippen LogP contribution in [0.1, 0.15) is 33.4 Å². The predicted octanol–water partition coefficient (Wildman–Crippen LogP) is 4.21. The summed E-state index contributed by atoms with van der Waals surface area (Å²) >= 11 is 0. The average molecular weight is 154 g/mol. The Morgan fingerprint density at radius 3 is 1.00 bits per heavy atom. The summed E-state index contributed by atoms with van der Waals surface area (Å²) in [4.78, 5) is 0. The van der Waals surface area contributed by atoms with Crippen LogP contribution in [0.15, 0.2) is 24.3 Å². The lowest BCUT2D eigenvalue weighted by Gasteiger charge is -1.90. The Morgan fingerprint density at radius 2 is 0.818 bits per heavy atom. The quantitative estimate of drug-likeness (QED) is 0.525. The number of aryl methyl sites for hydroxylation is 2. The molecule has 0 saturated heterocycles. The summed E-state index contributed by atoms with van der Waals surface area (Å²) in [6.07, 6.45) is 0. The summed E-state index contributed by atoms with van der Waals surface area (Å²) in [5.41, 5.74) is 2.66. The van der Waals surface area contributed by atoms with Crippen LogP contribution in [0, 0.1) is 13.8 Å². The number of hydrogen-bond donors (Lipinski definition) is 0. The molecule has 0 aliphatic rings. The predicted molar refractivity (Wildman–Crippen MR) is 56.1 cm³/mol. The molecule has 0 fully saturated rings. The van der Waals surface area contributed by atoms with Crippen molar-refractivity contribution in [3.05, 3.63) is 35.4 Å². The monoisotopic (exact) mass is 154 g/mol. The van der Waals surface area contributed by atoms with Gasteiger partial charge in [-0.15, -0.1) is 0 Å². The molecule has 66 valence electrons. The van der Waals surface area contributed by atoms with Crippen molar-refractivity contribution in [1.82, 2.24) is 0 Å². The van der Waals surface area contributed by atoms with Crippen LogP contribution in [0.5, 0.6) is 0 Å². The molecule has 0 unspecified atom stereocenters. The Morgan fingerprint density at radius 1 is 0.636 bits per heavy atom. The normalized spacial score (nSPS) is 6.73. The first-order valence-corrected chi connectivity index (χ1v) is 2.82. The van der Waals surface area contributed by atoms with E-state index in [1.807, 2.05) is 0 Å². The first kappa shape index (κ1) is 16.7. The van der Waals surface area contributed by atoms with E-state index in [1.165, 1.54) is 11.1 Å². The van der Waals surface area contributed by atoms with Crippen molar-refractivity contribution in [2.45, 2.75) is 36.1 Å². The molecule has 1 aromatic rings. The molecule has 0 bridgehead atoms. The van der Waals surface area contributed by atoms with Gasteiger partial charge < -0.3 is 0 Å². The standard InChI is InChI=1S/C8H10.3CH4/c1-7-3-5-8(2)6-4-7;;;/h3-6H,1-2H3;3*1H4. The third-order valence-electron chi connectivity index (χ3n) is 1.22. The Kier molecular flexibility index (Phi) is 11.1. The van der Waals surface area contributed by atoms with Gasteiger partial charge in [0.1, 0.15) is 0 Å². The molecule has 0 atom stereocenters. The molecule has 0 spiro atoms. The van der Waals surface area contributed by atoms with Crippen molar-refractivity contribution in [2.75, 3.05) is 0 Å². The van der Waals surface area contributed by atoms with E-state index in [1.54, 1.807) is 0 Å². The van der Waals surface area contributed by atoms with Gasteiger partial charge in [0, 0.05) is 0 Å². The molecule has 0 radical (unpaired) electrons. The zero-order valence-corrected chi connectivity index (χ0v) is 5.31. The molecule has 11 heavy (non-hydrogen) atoms. The first-order chi connectivity index (χ1) is 3.79. The second kappa shape index (κ2) is 7.33. The zero-order chi connectivity index (χ0) is 5.98. The van der Waals surface area contributed by atoms with Gasteiger partial charge in [-0.05, 0) is 13.8 Å². The zero-order valence-electron chi connectivity index (χ0n) is 5.31. The molecular formula is C11H22. The minimum Gasteiger partial charge on any atom is -0.0776 e. The summed E-state index contributed by atoms with van der Waals surface area (Å²) < 4.78 is 0. The third kappa shape index (κ3) is 5.65. The van der Waals surface area contributed by atoms with E-state index in [0.717, 1.165) is 0 Å². The topological polar surface area (TPSA) is 0 Å². The Bertz CT molecular complexity index is 139. The van der Waals surface area contributed by atoms with Gasteiger partial charge in [0.15, 0.2) is 0 Å². The number of hydrogen-bond acceptors (Lipinski definition) is 0. The highest BCUT2D eigenvalue weighted by molar-refractivity contribution is 5.19. The van der Waals surface area contributed by atoms with Crippen LogP contribution in [0.2, 0.25) is 0 Å². The molecule has 0 aliphatic carbocycles. The lowest BCUT2D eigenvalue weighted by atomic mass is 10.2. The minimum atomic E-state index is 0. The van der Waals surface area contributed by atoms with Crippen LogP contribution in [0.4, 0.5) is 0 Å². The maximum Gasteiger partial charge on any atom is -0.0398 e. The average Bonchev–Trinajstić information content (AvgIpc) is 1.77. The minimum absolute atomic E-state index is 0. The summed E-state index contributed by atoms with van der Waals surface area (Å²) in [6, 6.07) is 8.48. The van der Waals surface area contributed by atoms with Crippen LogP contribution in [0.3, 0.4) is 0 Å². The highest BCUT2D eigenvalue weighted by atomic mass is 13.9. The molecule has 0 heteroatoms. The van der Waals surface area contributed by atoms with Gasteiger partial charge in [0.05, 0.1) is 0 Å². The van der Waals surface area contributed by atoms with Crippen molar-refractivity contribution in [3.63, 3.8) is 0 Å². The molecule has 0 amide bonds. The van der Waals surface area contributed by atoms with Gasteiger partial charge in [-0.2, -0.15) is 0 Å². The van der Waals surface area contributed by atoms with Crippen molar-refractivity contribution in [3.8, 4) is 0 Å². The van der Waals surface area contributed by atoms with Gasteiger partial charge in [0.25, 0.3) is 0 Å². The summed E-state index contributed by atoms with van der Waals surface area (Å²) in [7, 11) is 0. The summed E-state index contributed by atoms with van der Waals surface area (Å²) in [5, 5.41) is 0. The molecule has 0 heterocycles. The maximum absolute atomic E-state index is 2.12. The van der Waals surface area contributed by atoms with Crippen LogP contribution in [0.25, 0.3) is 0 Å². The van der Waals surface area contributed by atoms with Gasteiger partial charge in [-0.25, -0.2) is 0 Å². The maximum atomic E-state index is 2.12. The van der Waals surface area contributed by atoms with Crippen molar-refractivity contribution in [1.29, 1.82) is 0 Å². The molecule has 0 nitrogen and oxygen atoms in total. The van der Waals surface area contributed by atoms with E-state index in [9.17, 15) is 0 Å². The molecule has 1 rings (SSSR count). The van der Waals surface area contributed by atoms with Crippen LogP contribution in [-0.4, -0.2) is 0 Å². The highest BCUT2D eigenvalue weighted by Gasteiger charge is 1.79. The molecule has 0 saturated carbocycles. The summed E-state index contributed by atoms with van der Waals surface area (Å²) in [6.45, 7) is 4.19. The fraction of sp³-hybridized carbons (Fsp3) is 0.455. The highest BCUT2D eigenvalue weighted by Crippen LogP contribution is 1.99. The lowest BCUT2D eigenvalue weighted by Crippen LogP contribution is -1.70. The van der Waals surface area contributed by atoms with E-state index < -0.39 is 0 Å². The SMILES string of the molecule is C.C.C.Cc1ccc(C)cc1. The van der Waals surface area contributed by atoms with Crippen molar-refractivity contribution in [2.24, 2.45) is 0 Å². The van der Waals surface area contributed by atoms with E-state index in [4.69, 9.17) is 0 Å². The van der Waals surface area contributed by atoms with Crippen LogP contribution < -0.4 is 0 Å². The van der Waals surface area contributed by atoms with Crippen LogP contribution in [-0.2, 0) is 0 Å². The largest absolute Gasteiger partial charge is 0.0776 e. The lowest BCUT2D eigenvalue weighted by molar-refractivity contribution is 1.40. The van der Waals surface area contributed by atoms with E-state index in [2.05, 4.69) is 38.1 Å². The Balaban J connectivity index is -0.000000213. The smallest absolute Gasteiger partial charge is 0.0398 e. The van der Waals surface area contributed by atoms with E-state index in [-0.39, 0.29) is 22.3 Å². The third-order valence-corrected chi connectivity index (χ3v) is 1.22. The number of benzene rings is 1. The molecular weight excluding hydrogens is 132 g/mol. The molecule has 0 N–H and O–H groups in total. The van der Waals surface area contributed by atoms with Crippen molar-refractivity contribution >= 4 is 0 Å². The fourth-order valence-electron chi connectivity index (χ4n) is 0.637. The molecule has 1 aromatic carbocycles. The second-order valence-corrected chi connectivity index (χ2v) is 2.15.